The highest BCUT2D eigenvalue weighted by molar-refractivity contribution is 7.90. The van der Waals surface area contributed by atoms with Gasteiger partial charge in [-0.3, -0.25) is 4.79 Å². The molecule has 1 unspecified atom stereocenters. The minimum absolute atomic E-state index is 0.248. The molecule has 1 aromatic rings. The van der Waals surface area contributed by atoms with E-state index >= 15 is 0 Å². The van der Waals surface area contributed by atoms with Gasteiger partial charge >= 0.3 is 5.97 Å². The van der Waals surface area contributed by atoms with Crippen molar-refractivity contribution in [3.05, 3.63) is 28.8 Å². The summed E-state index contributed by atoms with van der Waals surface area (Å²) in [7, 11) is -3.27. The van der Waals surface area contributed by atoms with E-state index in [0.29, 0.717) is 6.42 Å². The van der Waals surface area contributed by atoms with Crippen molar-refractivity contribution in [2.24, 2.45) is 5.92 Å². The zero-order chi connectivity index (χ0) is 14.1. The Morgan fingerprint density at radius 3 is 2.33 bits per heavy atom. The molecule has 0 radical (unpaired) electrons. The van der Waals surface area contributed by atoms with Crippen molar-refractivity contribution in [1.82, 2.24) is 0 Å². The van der Waals surface area contributed by atoms with Crippen LogP contribution in [0, 0.1) is 19.8 Å². The molecule has 0 spiro atoms. The molecular weight excluding hydrogens is 252 g/mol. The molecule has 4 nitrogen and oxygen atoms in total. The van der Waals surface area contributed by atoms with Gasteiger partial charge in [-0.25, -0.2) is 8.42 Å². The van der Waals surface area contributed by atoms with Crippen LogP contribution in [-0.4, -0.2) is 25.7 Å². The van der Waals surface area contributed by atoms with Crippen molar-refractivity contribution in [2.45, 2.75) is 32.1 Å². The van der Waals surface area contributed by atoms with Crippen LogP contribution in [-0.2, 0) is 21.1 Å². The maximum atomic E-state index is 11.6. The lowest BCUT2D eigenvalue weighted by Crippen LogP contribution is -2.14. The van der Waals surface area contributed by atoms with Gasteiger partial charge in [-0.2, -0.15) is 0 Å². The predicted molar refractivity (Wildman–Crippen MR) is 69.5 cm³/mol. The second-order valence-corrected chi connectivity index (χ2v) is 6.76. The van der Waals surface area contributed by atoms with Gasteiger partial charge in [0.15, 0.2) is 9.84 Å². The summed E-state index contributed by atoms with van der Waals surface area (Å²) in [5.74, 6) is -1.41. The van der Waals surface area contributed by atoms with Crippen LogP contribution in [0.4, 0.5) is 0 Å². The lowest BCUT2D eigenvalue weighted by Gasteiger charge is -2.13. The summed E-state index contributed by atoms with van der Waals surface area (Å²) in [6.07, 6.45) is 1.49. The fraction of sp³-hybridized carbons (Fsp3) is 0.462. The lowest BCUT2D eigenvalue weighted by molar-refractivity contribution is -0.141. The van der Waals surface area contributed by atoms with E-state index in [1.165, 1.54) is 0 Å². The number of benzene rings is 1. The minimum atomic E-state index is -3.27. The maximum absolute atomic E-state index is 11.6. The van der Waals surface area contributed by atoms with Crippen molar-refractivity contribution in [3.63, 3.8) is 0 Å². The minimum Gasteiger partial charge on any atom is -0.481 e. The summed E-state index contributed by atoms with van der Waals surface area (Å²) < 4.78 is 23.1. The first-order valence-electron chi connectivity index (χ1n) is 5.66. The van der Waals surface area contributed by atoms with Crippen LogP contribution in [0.2, 0.25) is 0 Å². The molecule has 0 aliphatic heterocycles. The second-order valence-electron chi connectivity index (χ2n) is 4.74. The third kappa shape index (κ3) is 3.32. The Morgan fingerprint density at radius 2 is 1.89 bits per heavy atom. The molecule has 0 saturated heterocycles. The highest BCUT2D eigenvalue weighted by Crippen LogP contribution is 2.22. The van der Waals surface area contributed by atoms with Gasteiger partial charge in [0.1, 0.15) is 0 Å². The first-order valence-corrected chi connectivity index (χ1v) is 7.55. The average molecular weight is 270 g/mol. The number of aliphatic carboxylic acids is 1. The Kier molecular flexibility index (Phi) is 4.16. The number of hydrogen-bond acceptors (Lipinski definition) is 3. The van der Waals surface area contributed by atoms with Gasteiger partial charge in [0, 0.05) is 6.26 Å². The van der Waals surface area contributed by atoms with Gasteiger partial charge in [0.25, 0.3) is 0 Å². The topological polar surface area (TPSA) is 71.4 Å². The van der Waals surface area contributed by atoms with Crippen LogP contribution in [0.1, 0.15) is 23.6 Å². The molecule has 0 aromatic heterocycles. The fourth-order valence-corrected chi connectivity index (χ4v) is 2.49. The van der Waals surface area contributed by atoms with Gasteiger partial charge in [0.05, 0.1) is 10.8 Å². The number of sulfone groups is 1. The fourth-order valence-electron chi connectivity index (χ4n) is 1.74. The first kappa shape index (κ1) is 14.7. The molecule has 1 aromatic carbocycles. The van der Waals surface area contributed by atoms with Gasteiger partial charge in [-0.15, -0.1) is 0 Å². The predicted octanol–water partition coefficient (Wildman–Crippen LogP) is 1.97. The third-order valence-corrected chi connectivity index (χ3v) is 4.22. The largest absolute Gasteiger partial charge is 0.481 e. The summed E-state index contributed by atoms with van der Waals surface area (Å²) >= 11 is 0. The Balaban J connectivity index is 3.27. The van der Waals surface area contributed by atoms with E-state index in [-0.39, 0.29) is 4.90 Å². The molecule has 0 heterocycles. The molecule has 0 fully saturated rings. The molecule has 100 valence electrons. The van der Waals surface area contributed by atoms with E-state index in [9.17, 15) is 13.2 Å². The molecule has 0 aliphatic rings. The van der Waals surface area contributed by atoms with Crippen molar-refractivity contribution < 1.29 is 18.3 Å². The molecule has 0 bridgehead atoms. The standard InChI is InChI=1S/C13H18O4S/c1-8-6-12(18(4,16)17)7-11(10(8)3)5-9(2)13(14)15/h6-7,9H,5H2,1-4H3,(H,14,15). The second kappa shape index (κ2) is 5.10. The molecule has 1 rings (SSSR count). The van der Waals surface area contributed by atoms with Crippen molar-refractivity contribution >= 4 is 15.8 Å². The summed E-state index contributed by atoms with van der Waals surface area (Å²) in [5, 5.41) is 8.91. The van der Waals surface area contributed by atoms with Crippen LogP contribution < -0.4 is 0 Å². The number of aryl methyl sites for hydroxylation is 1. The van der Waals surface area contributed by atoms with Crippen LogP contribution >= 0.6 is 0 Å². The van der Waals surface area contributed by atoms with Gasteiger partial charge < -0.3 is 5.11 Å². The first-order chi connectivity index (χ1) is 8.12. The zero-order valence-corrected chi connectivity index (χ0v) is 11.8. The summed E-state index contributed by atoms with van der Waals surface area (Å²) in [6.45, 7) is 5.33. The average Bonchev–Trinajstić information content (AvgIpc) is 2.22. The number of carboxylic acid groups (broad SMARTS) is 1. The molecule has 0 aliphatic carbocycles. The highest BCUT2D eigenvalue weighted by atomic mass is 32.2. The highest BCUT2D eigenvalue weighted by Gasteiger charge is 2.17. The Bertz CT molecular complexity index is 573. The van der Waals surface area contributed by atoms with E-state index in [0.717, 1.165) is 22.9 Å². The van der Waals surface area contributed by atoms with Crippen LogP contribution in [0.5, 0.6) is 0 Å². The summed E-state index contributed by atoms with van der Waals surface area (Å²) in [5.41, 5.74) is 2.60. The molecule has 0 saturated carbocycles. The Labute approximate surface area is 108 Å². The summed E-state index contributed by atoms with van der Waals surface area (Å²) in [4.78, 5) is 11.1. The van der Waals surface area contributed by atoms with Crippen molar-refractivity contribution in [2.75, 3.05) is 6.26 Å². The van der Waals surface area contributed by atoms with Crippen molar-refractivity contribution in [3.8, 4) is 0 Å². The van der Waals surface area contributed by atoms with E-state index in [1.807, 2.05) is 13.8 Å². The van der Waals surface area contributed by atoms with E-state index in [4.69, 9.17) is 5.11 Å². The number of rotatable bonds is 4. The number of carboxylic acids is 1. The normalized spacial score (nSPS) is 13.3. The monoisotopic (exact) mass is 270 g/mol. The quantitative estimate of drug-likeness (QED) is 0.908. The smallest absolute Gasteiger partial charge is 0.306 e. The molecule has 5 heteroatoms. The Hall–Kier alpha value is -1.36. The molecule has 1 atom stereocenters. The third-order valence-electron chi connectivity index (χ3n) is 3.12. The number of carbonyl (C=O) groups is 1. The Morgan fingerprint density at radius 1 is 1.33 bits per heavy atom. The van der Waals surface area contributed by atoms with Gasteiger partial charge in [-0.1, -0.05) is 6.92 Å². The zero-order valence-electron chi connectivity index (χ0n) is 11.0. The van der Waals surface area contributed by atoms with Crippen LogP contribution in [0.15, 0.2) is 17.0 Å². The van der Waals surface area contributed by atoms with E-state index in [1.54, 1.807) is 19.1 Å². The SMILES string of the molecule is Cc1cc(S(C)(=O)=O)cc(CC(C)C(=O)O)c1C. The molecule has 1 N–H and O–H groups in total. The molecule has 18 heavy (non-hydrogen) atoms. The van der Waals surface area contributed by atoms with Crippen LogP contribution in [0.25, 0.3) is 0 Å². The molecule has 0 amide bonds. The maximum Gasteiger partial charge on any atom is 0.306 e. The number of hydrogen-bond donors (Lipinski definition) is 1. The molecular formula is C13H18O4S. The lowest BCUT2D eigenvalue weighted by atomic mass is 9.95. The van der Waals surface area contributed by atoms with E-state index < -0.39 is 21.7 Å². The summed E-state index contributed by atoms with van der Waals surface area (Å²) in [6, 6.07) is 3.21. The van der Waals surface area contributed by atoms with Crippen molar-refractivity contribution in [1.29, 1.82) is 0 Å². The van der Waals surface area contributed by atoms with Crippen LogP contribution in [0.3, 0.4) is 0 Å². The van der Waals surface area contributed by atoms with Gasteiger partial charge in [0.2, 0.25) is 0 Å². The van der Waals surface area contributed by atoms with E-state index in [2.05, 4.69) is 0 Å². The van der Waals surface area contributed by atoms with Gasteiger partial charge in [-0.05, 0) is 49.1 Å².